The third kappa shape index (κ3) is 3.76. The van der Waals surface area contributed by atoms with E-state index in [4.69, 9.17) is 0 Å². The van der Waals surface area contributed by atoms with Crippen molar-refractivity contribution in [3.63, 3.8) is 0 Å². The van der Waals surface area contributed by atoms with Crippen molar-refractivity contribution >= 4 is 11.8 Å². The first-order chi connectivity index (χ1) is 9.90. The van der Waals surface area contributed by atoms with Crippen LogP contribution in [-0.2, 0) is 0 Å². The van der Waals surface area contributed by atoms with Gasteiger partial charge in [0.2, 0.25) is 0 Å². The van der Waals surface area contributed by atoms with Gasteiger partial charge in [-0.25, -0.2) is 0 Å². The molecule has 0 radical (unpaired) electrons. The van der Waals surface area contributed by atoms with Crippen LogP contribution in [0.25, 0.3) is 0 Å². The van der Waals surface area contributed by atoms with Crippen LogP contribution in [0.3, 0.4) is 0 Å². The summed E-state index contributed by atoms with van der Waals surface area (Å²) in [6, 6.07) is 0.709. The van der Waals surface area contributed by atoms with E-state index in [-0.39, 0.29) is 0 Å². The second-order valence-electron chi connectivity index (χ2n) is 6.02. The van der Waals surface area contributed by atoms with Gasteiger partial charge in [-0.3, -0.25) is 0 Å². The Hall–Kier alpha value is -0.550. The number of nitrogens with one attached hydrogen (secondary N) is 1. The van der Waals surface area contributed by atoms with Gasteiger partial charge in [0.05, 0.1) is 0 Å². The molecule has 3 rings (SSSR count). The van der Waals surface area contributed by atoms with E-state index in [0.29, 0.717) is 12.0 Å². The molecule has 2 aliphatic carbocycles. The monoisotopic (exact) mass is 294 g/mol. The summed E-state index contributed by atoms with van der Waals surface area (Å²) in [6.07, 6.45) is 9.20. The fraction of sp³-hybridized carbons (Fsp3) is 0.867. The van der Waals surface area contributed by atoms with E-state index in [9.17, 15) is 0 Å². The Morgan fingerprint density at radius 2 is 2.00 bits per heavy atom. The number of nitrogens with zero attached hydrogens (tertiary/aromatic N) is 3. The van der Waals surface area contributed by atoms with Gasteiger partial charge in [-0.15, -0.1) is 10.2 Å². The van der Waals surface area contributed by atoms with E-state index in [2.05, 4.69) is 27.0 Å². The van der Waals surface area contributed by atoms with Crippen molar-refractivity contribution in [2.45, 2.75) is 69.0 Å². The molecule has 0 aromatic carbocycles. The number of hydrogen-bond acceptors (Lipinski definition) is 4. The Morgan fingerprint density at radius 3 is 2.70 bits per heavy atom. The van der Waals surface area contributed by atoms with Crippen molar-refractivity contribution in [3.8, 4) is 0 Å². The largest absolute Gasteiger partial charge is 0.316 e. The first-order valence-corrected chi connectivity index (χ1v) is 9.17. The highest BCUT2D eigenvalue weighted by atomic mass is 32.2. The minimum absolute atomic E-state index is 0.709. The Kier molecular flexibility index (Phi) is 4.99. The fourth-order valence-electron chi connectivity index (χ4n) is 2.52. The normalized spacial score (nSPS) is 18.6. The average molecular weight is 294 g/mol. The summed E-state index contributed by atoms with van der Waals surface area (Å²) in [5.41, 5.74) is 0. The molecule has 0 unspecified atom stereocenters. The minimum Gasteiger partial charge on any atom is -0.316 e. The Morgan fingerprint density at radius 1 is 1.15 bits per heavy atom. The van der Waals surface area contributed by atoms with Crippen molar-refractivity contribution in [2.75, 3.05) is 18.8 Å². The molecule has 0 atom stereocenters. The third-order valence-corrected chi connectivity index (χ3v) is 4.96. The summed E-state index contributed by atoms with van der Waals surface area (Å²) in [5.74, 6) is 3.08. The predicted molar refractivity (Wildman–Crippen MR) is 83.4 cm³/mol. The van der Waals surface area contributed by atoms with E-state index in [1.165, 1.54) is 50.8 Å². The first-order valence-electron chi connectivity index (χ1n) is 8.18. The van der Waals surface area contributed by atoms with Crippen LogP contribution in [0.2, 0.25) is 0 Å². The molecule has 0 spiro atoms. The summed E-state index contributed by atoms with van der Waals surface area (Å²) in [5, 5.41) is 13.6. The van der Waals surface area contributed by atoms with Crippen LogP contribution in [0.1, 0.15) is 69.7 Å². The lowest BCUT2D eigenvalue weighted by atomic mass is 10.2. The molecular formula is C15H26N4S. The maximum absolute atomic E-state index is 4.45. The Bertz CT molecular complexity index is 424. The van der Waals surface area contributed by atoms with Crippen LogP contribution in [0.15, 0.2) is 5.16 Å². The summed E-state index contributed by atoms with van der Waals surface area (Å²) in [7, 11) is 0. The van der Waals surface area contributed by atoms with Crippen molar-refractivity contribution in [3.05, 3.63) is 5.82 Å². The minimum atomic E-state index is 0.709. The van der Waals surface area contributed by atoms with E-state index >= 15 is 0 Å². The van der Waals surface area contributed by atoms with Gasteiger partial charge in [0, 0.05) is 24.3 Å². The molecule has 4 nitrogen and oxygen atoms in total. The molecule has 2 fully saturated rings. The fourth-order valence-corrected chi connectivity index (χ4v) is 3.43. The highest BCUT2D eigenvalue weighted by Gasteiger charge is 2.36. The highest BCUT2D eigenvalue weighted by molar-refractivity contribution is 7.99. The topological polar surface area (TPSA) is 42.7 Å². The van der Waals surface area contributed by atoms with Gasteiger partial charge in [-0.2, -0.15) is 0 Å². The molecule has 1 aromatic rings. The number of aromatic nitrogens is 3. The summed E-state index contributed by atoms with van der Waals surface area (Å²) >= 11 is 1.87. The molecule has 1 heterocycles. The van der Waals surface area contributed by atoms with Crippen LogP contribution < -0.4 is 5.32 Å². The second-order valence-corrected chi connectivity index (χ2v) is 7.08. The van der Waals surface area contributed by atoms with Gasteiger partial charge in [0.25, 0.3) is 0 Å². The summed E-state index contributed by atoms with van der Waals surface area (Å²) in [6.45, 7) is 4.47. The molecule has 1 N–H and O–H groups in total. The number of rotatable bonds is 10. The second kappa shape index (κ2) is 6.94. The molecule has 112 valence electrons. The molecule has 2 saturated carbocycles. The van der Waals surface area contributed by atoms with Gasteiger partial charge in [0.15, 0.2) is 5.16 Å². The van der Waals surface area contributed by atoms with Gasteiger partial charge in [0.1, 0.15) is 5.82 Å². The molecule has 0 bridgehead atoms. The molecule has 0 amide bonds. The highest BCUT2D eigenvalue weighted by Crippen LogP contribution is 2.45. The van der Waals surface area contributed by atoms with Gasteiger partial charge >= 0.3 is 0 Å². The molecule has 0 aliphatic heterocycles. The molecule has 0 saturated heterocycles. The van der Waals surface area contributed by atoms with Crippen LogP contribution in [0, 0.1) is 0 Å². The Balaban J connectivity index is 1.43. The van der Waals surface area contributed by atoms with E-state index < -0.39 is 0 Å². The SMILES string of the molecule is CCCCCNCCSc1nnc(C2CC2)n1C1CC1. The molecule has 20 heavy (non-hydrogen) atoms. The average Bonchev–Trinajstić information content (AvgIpc) is 3.37. The zero-order chi connectivity index (χ0) is 13.8. The van der Waals surface area contributed by atoms with Gasteiger partial charge in [-0.05, 0) is 38.6 Å². The van der Waals surface area contributed by atoms with Crippen molar-refractivity contribution in [1.29, 1.82) is 0 Å². The standard InChI is InChI=1S/C15H26N4S/c1-2-3-4-9-16-10-11-20-15-18-17-14(12-5-6-12)19(15)13-7-8-13/h12-13,16H,2-11H2,1H3. The quantitative estimate of drug-likeness (QED) is 0.531. The molecule has 1 aromatic heterocycles. The zero-order valence-corrected chi connectivity index (χ0v) is 13.3. The molecule has 2 aliphatic rings. The van der Waals surface area contributed by atoms with Crippen LogP contribution in [-0.4, -0.2) is 33.6 Å². The van der Waals surface area contributed by atoms with Crippen LogP contribution in [0.5, 0.6) is 0 Å². The lowest BCUT2D eigenvalue weighted by Gasteiger charge is -2.08. The predicted octanol–water partition coefficient (Wildman–Crippen LogP) is 3.36. The Labute approximate surface area is 126 Å². The maximum atomic E-state index is 4.45. The smallest absolute Gasteiger partial charge is 0.191 e. The van der Waals surface area contributed by atoms with Crippen molar-refractivity contribution in [2.24, 2.45) is 0 Å². The van der Waals surface area contributed by atoms with Crippen molar-refractivity contribution < 1.29 is 0 Å². The summed E-state index contributed by atoms with van der Waals surface area (Å²) in [4.78, 5) is 0. The van der Waals surface area contributed by atoms with E-state index in [1.807, 2.05) is 11.8 Å². The third-order valence-electron chi connectivity index (χ3n) is 4.01. The van der Waals surface area contributed by atoms with Gasteiger partial charge in [-0.1, -0.05) is 31.5 Å². The van der Waals surface area contributed by atoms with Crippen LogP contribution >= 0.6 is 11.8 Å². The molecular weight excluding hydrogens is 268 g/mol. The number of thioether (sulfide) groups is 1. The first kappa shape index (κ1) is 14.4. The van der Waals surface area contributed by atoms with Crippen molar-refractivity contribution in [1.82, 2.24) is 20.1 Å². The number of unbranched alkanes of at least 4 members (excludes halogenated alkanes) is 2. The molecule has 5 heteroatoms. The summed E-state index contributed by atoms with van der Waals surface area (Å²) < 4.78 is 2.44. The maximum Gasteiger partial charge on any atom is 0.191 e. The van der Waals surface area contributed by atoms with Crippen LogP contribution in [0.4, 0.5) is 0 Å². The number of hydrogen-bond donors (Lipinski definition) is 1. The van der Waals surface area contributed by atoms with E-state index in [1.54, 1.807) is 0 Å². The zero-order valence-electron chi connectivity index (χ0n) is 12.5. The van der Waals surface area contributed by atoms with Gasteiger partial charge < -0.3 is 9.88 Å². The lowest BCUT2D eigenvalue weighted by molar-refractivity contribution is 0.623. The van der Waals surface area contributed by atoms with E-state index in [0.717, 1.165) is 24.0 Å². The lowest BCUT2D eigenvalue weighted by Crippen LogP contribution is -2.18.